The highest BCUT2D eigenvalue weighted by molar-refractivity contribution is 6.02. The van der Waals surface area contributed by atoms with Crippen LogP contribution < -0.4 is 10.1 Å². The number of amides is 1. The number of ketones is 1. The molecule has 1 amide bonds. The number of carbonyl (C=O) groups excluding carboxylic acids is 2. The van der Waals surface area contributed by atoms with E-state index in [1.165, 1.54) is 6.92 Å². The third-order valence-electron chi connectivity index (χ3n) is 5.39. The SMILES string of the molecule is CC(=O)C1C(=O)NC23CCN(C)CC2C1c1ccccc1O3. The van der Waals surface area contributed by atoms with E-state index in [2.05, 4.69) is 17.3 Å². The van der Waals surface area contributed by atoms with E-state index in [4.69, 9.17) is 4.74 Å². The summed E-state index contributed by atoms with van der Waals surface area (Å²) in [4.78, 5) is 27.0. The highest BCUT2D eigenvalue weighted by Crippen LogP contribution is 2.53. The van der Waals surface area contributed by atoms with Crippen LogP contribution in [-0.2, 0) is 9.59 Å². The van der Waals surface area contributed by atoms with Crippen molar-refractivity contribution in [2.45, 2.75) is 25.0 Å². The zero-order valence-corrected chi connectivity index (χ0v) is 12.8. The Bertz CT molecular complexity index is 659. The van der Waals surface area contributed by atoms with Gasteiger partial charge in [-0.05, 0) is 25.6 Å². The van der Waals surface area contributed by atoms with Gasteiger partial charge in [-0.15, -0.1) is 0 Å². The second-order valence-electron chi connectivity index (χ2n) is 6.75. The molecule has 0 saturated carbocycles. The number of piperidine rings is 2. The number of hydrogen-bond acceptors (Lipinski definition) is 4. The van der Waals surface area contributed by atoms with Crippen molar-refractivity contribution in [2.75, 3.05) is 20.1 Å². The van der Waals surface area contributed by atoms with Crippen LogP contribution in [0.3, 0.4) is 0 Å². The van der Waals surface area contributed by atoms with Gasteiger partial charge in [0.15, 0.2) is 5.72 Å². The van der Waals surface area contributed by atoms with Gasteiger partial charge in [0.1, 0.15) is 17.5 Å². The molecule has 1 aromatic carbocycles. The molecule has 4 atom stereocenters. The first-order valence-electron chi connectivity index (χ1n) is 7.81. The maximum absolute atomic E-state index is 12.6. The molecular formula is C17H20N2O3. The van der Waals surface area contributed by atoms with Crippen LogP contribution in [0.1, 0.15) is 24.8 Å². The van der Waals surface area contributed by atoms with Crippen molar-refractivity contribution in [3.05, 3.63) is 29.8 Å². The molecule has 2 bridgehead atoms. The van der Waals surface area contributed by atoms with E-state index in [1.807, 2.05) is 24.3 Å². The van der Waals surface area contributed by atoms with Gasteiger partial charge in [-0.1, -0.05) is 18.2 Å². The summed E-state index contributed by atoms with van der Waals surface area (Å²) in [6, 6.07) is 7.82. The number of Topliss-reactive ketones (excluding diaryl/α,β-unsaturated/α-hetero) is 1. The van der Waals surface area contributed by atoms with Gasteiger partial charge in [-0.3, -0.25) is 9.59 Å². The van der Waals surface area contributed by atoms with E-state index in [0.29, 0.717) is 0 Å². The molecule has 3 heterocycles. The fraction of sp³-hybridized carbons (Fsp3) is 0.529. The Morgan fingerprint density at radius 1 is 1.41 bits per heavy atom. The highest BCUT2D eigenvalue weighted by Gasteiger charge is 2.60. The minimum atomic E-state index is -0.658. The molecule has 5 nitrogen and oxygen atoms in total. The number of ether oxygens (including phenoxy) is 1. The lowest BCUT2D eigenvalue weighted by Gasteiger charge is -2.57. The van der Waals surface area contributed by atoms with Crippen LogP contribution in [0.15, 0.2) is 24.3 Å². The van der Waals surface area contributed by atoms with Crippen LogP contribution >= 0.6 is 0 Å². The van der Waals surface area contributed by atoms with Gasteiger partial charge in [0.25, 0.3) is 0 Å². The topological polar surface area (TPSA) is 58.6 Å². The van der Waals surface area contributed by atoms with E-state index in [1.54, 1.807) is 0 Å². The summed E-state index contributed by atoms with van der Waals surface area (Å²) in [6.45, 7) is 3.21. The zero-order chi connectivity index (χ0) is 15.5. The molecule has 3 aliphatic heterocycles. The molecule has 0 aliphatic carbocycles. The molecule has 1 aromatic rings. The predicted octanol–water partition coefficient (Wildman–Crippen LogP) is 1.15. The summed E-state index contributed by atoms with van der Waals surface area (Å²) in [5, 5.41) is 3.05. The molecule has 4 rings (SSSR count). The number of rotatable bonds is 1. The first-order chi connectivity index (χ1) is 10.5. The smallest absolute Gasteiger partial charge is 0.234 e. The molecule has 4 unspecified atom stereocenters. The predicted molar refractivity (Wildman–Crippen MR) is 80.5 cm³/mol. The molecule has 1 N–H and O–H groups in total. The number of fused-ring (bicyclic) bond motifs is 2. The van der Waals surface area contributed by atoms with Crippen LogP contribution in [0.25, 0.3) is 0 Å². The Balaban J connectivity index is 1.91. The van der Waals surface area contributed by atoms with Gasteiger partial charge >= 0.3 is 0 Å². The number of para-hydroxylation sites is 1. The molecule has 3 aliphatic rings. The lowest BCUT2D eigenvalue weighted by atomic mass is 9.64. The van der Waals surface area contributed by atoms with E-state index in [9.17, 15) is 9.59 Å². The summed E-state index contributed by atoms with van der Waals surface area (Å²) < 4.78 is 6.27. The zero-order valence-electron chi connectivity index (χ0n) is 12.8. The minimum Gasteiger partial charge on any atom is -0.467 e. The third kappa shape index (κ3) is 1.75. The standard InChI is InChI=1S/C17H20N2O3/c1-10(20)14-15-11-5-3-4-6-13(11)22-17(18-16(14)21)7-8-19(2)9-12(15)17/h3-6,12,14-15H,7-9H2,1-2H3,(H,18,21). The first kappa shape index (κ1) is 13.8. The quantitative estimate of drug-likeness (QED) is 0.790. The Hall–Kier alpha value is -1.88. The van der Waals surface area contributed by atoms with Gasteiger partial charge < -0.3 is 15.0 Å². The van der Waals surface area contributed by atoms with Gasteiger partial charge in [-0.25, -0.2) is 0 Å². The van der Waals surface area contributed by atoms with Crippen LogP contribution in [-0.4, -0.2) is 42.5 Å². The van der Waals surface area contributed by atoms with Crippen molar-refractivity contribution in [1.29, 1.82) is 0 Å². The summed E-state index contributed by atoms with van der Waals surface area (Å²) in [7, 11) is 2.08. The molecule has 5 heteroatoms. The first-order valence-corrected chi connectivity index (χ1v) is 7.81. The van der Waals surface area contributed by atoms with Crippen molar-refractivity contribution in [1.82, 2.24) is 10.2 Å². The average molecular weight is 300 g/mol. The van der Waals surface area contributed by atoms with Crippen LogP contribution in [0.2, 0.25) is 0 Å². The molecule has 0 aromatic heterocycles. The molecule has 0 spiro atoms. The molecule has 2 saturated heterocycles. The number of nitrogens with zero attached hydrogens (tertiary/aromatic N) is 1. The number of nitrogens with one attached hydrogen (secondary N) is 1. The van der Waals surface area contributed by atoms with Crippen molar-refractivity contribution in [3.63, 3.8) is 0 Å². The number of benzene rings is 1. The lowest BCUT2D eigenvalue weighted by molar-refractivity contribution is -0.164. The Morgan fingerprint density at radius 2 is 2.18 bits per heavy atom. The molecule has 116 valence electrons. The normalized spacial score (nSPS) is 36.6. The van der Waals surface area contributed by atoms with Crippen LogP contribution in [0, 0.1) is 11.8 Å². The van der Waals surface area contributed by atoms with Gasteiger partial charge in [0.05, 0.1) is 0 Å². The molecule has 22 heavy (non-hydrogen) atoms. The van der Waals surface area contributed by atoms with Crippen molar-refractivity contribution in [2.24, 2.45) is 11.8 Å². The maximum Gasteiger partial charge on any atom is 0.234 e. The van der Waals surface area contributed by atoms with Crippen molar-refractivity contribution in [3.8, 4) is 5.75 Å². The second kappa shape index (κ2) is 4.56. The van der Waals surface area contributed by atoms with Gasteiger partial charge in [0, 0.05) is 31.3 Å². The summed E-state index contributed by atoms with van der Waals surface area (Å²) in [5.74, 6) is -0.0604. The lowest BCUT2D eigenvalue weighted by Crippen LogP contribution is -2.72. The number of hydrogen-bond donors (Lipinski definition) is 1. The largest absolute Gasteiger partial charge is 0.467 e. The Morgan fingerprint density at radius 3 is 2.95 bits per heavy atom. The average Bonchev–Trinajstić information content (AvgIpc) is 2.46. The summed E-state index contributed by atoms with van der Waals surface area (Å²) >= 11 is 0. The fourth-order valence-electron chi connectivity index (χ4n) is 4.39. The molecule has 2 fully saturated rings. The molecular weight excluding hydrogens is 280 g/mol. The van der Waals surface area contributed by atoms with E-state index in [0.717, 1.165) is 30.8 Å². The summed E-state index contributed by atoms with van der Waals surface area (Å²) in [5.41, 5.74) is 0.336. The van der Waals surface area contributed by atoms with Crippen LogP contribution in [0.4, 0.5) is 0 Å². The second-order valence-corrected chi connectivity index (χ2v) is 6.75. The van der Waals surface area contributed by atoms with E-state index in [-0.39, 0.29) is 23.5 Å². The minimum absolute atomic E-state index is 0.0685. The van der Waals surface area contributed by atoms with Gasteiger partial charge in [-0.2, -0.15) is 0 Å². The van der Waals surface area contributed by atoms with Gasteiger partial charge in [0.2, 0.25) is 5.91 Å². The number of carbonyl (C=O) groups is 2. The van der Waals surface area contributed by atoms with Crippen LogP contribution in [0.5, 0.6) is 5.75 Å². The van der Waals surface area contributed by atoms with Crippen molar-refractivity contribution < 1.29 is 14.3 Å². The van der Waals surface area contributed by atoms with Crippen molar-refractivity contribution >= 4 is 11.7 Å². The fourth-order valence-corrected chi connectivity index (χ4v) is 4.39. The third-order valence-corrected chi connectivity index (χ3v) is 5.39. The maximum atomic E-state index is 12.6. The van der Waals surface area contributed by atoms with E-state index < -0.39 is 11.6 Å². The Labute approximate surface area is 129 Å². The molecule has 0 radical (unpaired) electrons. The van der Waals surface area contributed by atoms with E-state index >= 15 is 0 Å². The number of likely N-dealkylation sites (tertiary alicyclic amines) is 1. The Kier molecular flexibility index (Phi) is 2.85. The summed E-state index contributed by atoms with van der Waals surface area (Å²) in [6.07, 6.45) is 0.745. The monoisotopic (exact) mass is 300 g/mol. The highest BCUT2D eigenvalue weighted by atomic mass is 16.5.